The second-order valence-electron chi connectivity index (χ2n) is 5.87. The minimum absolute atomic E-state index is 0.196. The zero-order valence-electron chi connectivity index (χ0n) is 13.7. The maximum atomic E-state index is 13.3. The SMILES string of the molecule is CC1(C(F)(F)F)OS(=O)(=O)C(c2ccccc2)(c2ccccc2)S(=O)(=O)O1. The van der Waals surface area contributed by atoms with Gasteiger partial charge in [0.05, 0.1) is 0 Å². The largest absolute Gasteiger partial charge is 0.445 e. The Morgan fingerprint density at radius 2 is 1.07 bits per heavy atom. The topological polar surface area (TPSA) is 86.7 Å². The lowest BCUT2D eigenvalue weighted by molar-refractivity contribution is -0.314. The summed E-state index contributed by atoms with van der Waals surface area (Å²) in [5.74, 6) is -3.88. The molecule has 1 aliphatic heterocycles. The molecule has 1 saturated heterocycles. The van der Waals surface area contributed by atoms with Gasteiger partial charge in [-0.05, 0) is 11.1 Å². The average molecular weight is 422 g/mol. The fourth-order valence-electron chi connectivity index (χ4n) is 2.83. The van der Waals surface area contributed by atoms with Crippen molar-refractivity contribution in [2.45, 2.75) is 23.0 Å². The maximum Gasteiger partial charge on any atom is 0.445 e. The maximum absolute atomic E-state index is 13.3. The van der Waals surface area contributed by atoms with Crippen LogP contribution >= 0.6 is 0 Å². The highest BCUT2D eigenvalue weighted by Crippen LogP contribution is 2.53. The number of halogens is 3. The fraction of sp³-hybridized carbons (Fsp3) is 0.250. The highest BCUT2D eigenvalue weighted by atomic mass is 32.3. The molecule has 6 nitrogen and oxygen atoms in total. The second-order valence-corrected chi connectivity index (χ2v) is 9.50. The summed E-state index contributed by atoms with van der Waals surface area (Å²) in [4.78, 5) is 0. The predicted molar refractivity (Wildman–Crippen MR) is 88.1 cm³/mol. The summed E-state index contributed by atoms with van der Waals surface area (Å²) in [7, 11) is -10.8. The summed E-state index contributed by atoms with van der Waals surface area (Å²) >= 11 is 0. The molecule has 0 unspecified atom stereocenters. The number of hydrogen-bond donors (Lipinski definition) is 0. The number of hydrogen-bond acceptors (Lipinski definition) is 6. The first-order chi connectivity index (χ1) is 12.4. The molecule has 3 rings (SSSR count). The Hall–Kier alpha value is -1.95. The summed E-state index contributed by atoms with van der Waals surface area (Å²) in [6.07, 6.45) is -5.42. The first-order valence-corrected chi connectivity index (χ1v) is 10.3. The van der Waals surface area contributed by atoms with Gasteiger partial charge in [-0.3, -0.25) is 0 Å². The van der Waals surface area contributed by atoms with Gasteiger partial charge in [0.2, 0.25) is 0 Å². The van der Waals surface area contributed by atoms with E-state index in [1.807, 2.05) is 0 Å². The van der Waals surface area contributed by atoms with Crippen LogP contribution in [-0.4, -0.2) is 28.8 Å². The van der Waals surface area contributed by atoms with Gasteiger partial charge in [-0.15, -0.1) is 0 Å². The quantitative estimate of drug-likeness (QED) is 0.692. The van der Waals surface area contributed by atoms with Crippen LogP contribution < -0.4 is 0 Å². The lowest BCUT2D eigenvalue weighted by Crippen LogP contribution is -2.62. The molecule has 0 aromatic heterocycles. The van der Waals surface area contributed by atoms with Crippen molar-refractivity contribution in [1.82, 2.24) is 0 Å². The van der Waals surface area contributed by atoms with Crippen molar-refractivity contribution < 1.29 is 38.4 Å². The van der Waals surface area contributed by atoms with Crippen molar-refractivity contribution in [3.05, 3.63) is 71.8 Å². The van der Waals surface area contributed by atoms with E-state index < -0.39 is 36.3 Å². The van der Waals surface area contributed by atoms with E-state index in [2.05, 4.69) is 8.37 Å². The van der Waals surface area contributed by atoms with Crippen LogP contribution in [0.1, 0.15) is 18.1 Å². The number of benzene rings is 2. The Labute approximate surface area is 153 Å². The van der Waals surface area contributed by atoms with Gasteiger partial charge in [0.25, 0.3) is 9.87 Å². The van der Waals surface area contributed by atoms with Crippen LogP contribution in [0.2, 0.25) is 0 Å². The summed E-state index contributed by atoms with van der Waals surface area (Å²) < 4.78 is 97.5. The van der Waals surface area contributed by atoms with Gasteiger partial charge in [0.15, 0.2) is 0 Å². The number of rotatable bonds is 2. The Bertz CT molecular complexity index is 971. The zero-order chi connectivity index (χ0) is 20.1. The molecule has 27 heavy (non-hydrogen) atoms. The van der Waals surface area contributed by atoms with Gasteiger partial charge in [-0.2, -0.15) is 30.0 Å². The highest BCUT2D eigenvalue weighted by Gasteiger charge is 2.73. The first kappa shape index (κ1) is 19.8. The molecule has 11 heteroatoms. The molecule has 0 N–H and O–H groups in total. The third-order valence-corrected chi connectivity index (χ3v) is 8.71. The van der Waals surface area contributed by atoms with Crippen LogP contribution in [0.25, 0.3) is 0 Å². The molecule has 2 aromatic rings. The minimum atomic E-state index is -5.42. The van der Waals surface area contributed by atoms with Gasteiger partial charge < -0.3 is 0 Å². The highest BCUT2D eigenvalue weighted by molar-refractivity contribution is 8.06. The lowest BCUT2D eigenvalue weighted by Gasteiger charge is -2.42. The Kier molecular flexibility index (Phi) is 4.42. The van der Waals surface area contributed by atoms with E-state index in [1.165, 1.54) is 36.4 Å². The van der Waals surface area contributed by atoms with Crippen LogP contribution in [-0.2, 0) is 32.7 Å². The van der Waals surface area contributed by atoms with E-state index in [4.69, 9.17) is 0 Å². The third kappa shape index (κ3) is 2.76. The summed E-state index contributed by atoms with van der Waals surface area (Å²) in [6.45, 7) is 0.196. The molecule has 2 aromatic carbocycles. The molecule has 1 aliphatic rings. The normalized spacial score (nSPS) is 22.8. The van der Waals surface area contributed by atoms with E-state index in [1.54, 1.807) is 0 Å². The Morgan fingerprint density at radius 1 is 0.741 bits per heavy atom. The van der Waals surface area contributed by atoms with Gasteiger partial charge in [0.1, 0.15) is 0 Å². The van der Waals surface area contributed by atoms with Crippen molar-refractivity contribution in [3.63, 3.8) is 0 Å². The average Bonchev–Trinajstić information content (AvgIpc) is 2.53. The first-order valence-electron chi connectivity index (χ1n) is 7.45. The molecule has 0 bridgehead atoms. The zero-order valence-corrected chi connectivity index (χ0v) is 15.3. The van der Waals surface area contributed by atoms with Gasteiger partial charge >= 0.3 is 26.4 Å². The molecule has 0 saturated carbocycles. The van der Waals surface area contributed by atoms with Crippen molar-refractivity contribution >= 4 is 20.2 Å². The Morgan fingerprint density at radius 3 is 1.37 bits per heavy atom. The predicted octanol–water partition coefficient (Wildman–Crippen LogP) is 2.87. The van der Waals surface area contributed by atoms with Crippen molar-refractivity contribution in [2.75, 3.05) is 0 Å². The van der Waals surface area contributed by atoms with Gasteiger partial charge in [0, 0.05) is 6.92 Å². The van der Waals surface area contributed by atoms with Crippen LogP contribution in [0.5, 0.6) is 0 Å². The molecule has 1 fully saturated rings. The molecule has 0 radical (unpaired) electrons. The summed E-state index contributed by atoms with van der Waals surface area (Å²) in [5, 5.41) is 0. The van der Waals surface area contributed by atoms with E-state index in [0.717, 1.165) is 24.3 Å². The third-order valence-electron chi connectivity index (χ3n) is 4.06. The van der Waals surface area contributed by atoms with Crippen molar-refractivity contribution in [2.24, 2.45) is 0 Å². The van der Waals surface area contributed by atoms with Crippen LogP contribution in [0, 0.1) is 0 Å². The van der Waals surface area contributed by atoms with Crippen molar-refractivity contribution in [1.29, 1.82) is 0 Å². The van der Waals surface area contributed by atoms with Crippen LogP contribution in [0.15, 0.2) is 60.7 Å². The molecule has 0 amide bonds. The molecular weight excluding hydrogens is 409 g/mol. The molecule has 0 aliphatic carbocycles. The van der Waals surface area contributed by atoms with E-state index in [0.29, 0.717) is 0 Å². The monoisotopic (exact) mass is 422 g/mol. The lowest BCUT2D eigenvalue weighted by atomic mass is 10.0. The molecule has 0 spiro atoms. The molecule has 1 heterocycles. The summed E-state index contributed by atoms with van der Waals surface area (Å²) in [5.41, 5.74) is -0.666. The fourth-order valence-corrected chi connectivity index (χ4v) is 7.10. The van der Waals surface area contributed by atoms with E-state index in [9.17, 15) is 30.0 Å². The van der Waals surface area contributed by atoms with Crippen LogP contribution in [0.4, 0.5) is 13.2 Å². The Balaban J connectivity index is 2.42. The minimum Gasteiger partial charge on any atom is -0.222 e. The van der Waals surface area contributed by atoms with Crippen LogP contribution in [0.3, 0.4) is 0 Å². The molecule has 0 atom stereocenters. The van der Waals surface area contributed by atoms with Gasteiger partial charge in [-0.25, -0.2) is 8.37 Å². The van der Waals surface area contributed by atoms with Crippen molar-refractivity contribution in [3.8, 4) is 0 Å². The standard InChI is InChI=1S/C16H13F3O6S2/c1-14(16(17,18)19)24-26(20,21)15(27(22,23)25-14,12-8-4-2-5-9-12)13-10-6-3-7-11-13/h2-11H,1H3. The smallest absolute Gasteiger partial charge is 0.222 e. The summed E-state index contributed by atoms with van der Waals surface area (Å²) in [6, 6.07) is 13.0. The molecule has 146 valence electrons. The van der Waals surface area contributed by atoms with E-state index >= 15 is 0 Å². The second kappa shape index (κ2) is 6.03. The number of alkyl halides is 3. The van der Waals surface area contributed by atoms with Gasteiger partial charge in [-0.1, -0.05) is 60.7 Å². The molecular formula is C16H13F3O6S2. The van der Waals surface area contributed by atoms with E-state index in [-0.39, 0.29) is 18.1 Å².